The highest BCUT2D eigenvalue weighted by molar-refractivity contribution is 5.92. The van der Waals surface area contributed by atoms with Crippen LogP contribution in [0.5, 0.6) is 0 Å². The van der Waals surface area contributed by atoms with Gasteiger partial charge in [-0.05, 0) is 31.0 Å². The summed E-state index contributed by atoms with van der Waals surface area (Å²) in [6.45, 7) is 3.79. The van der Waals surface area contributed by atoms with Crippen molar-refractivity contribution in [3.05, 3.63) is 41.2 Å². The average molecular weight is 217 g/mol. The fourth-order valence-electron chi connectivity index (χ4n) is 1.56. The zero-order valence-electron chi connectivity index (χ0n) is 9.01. The smallest absolute Gasteiger partial charge is 0.337 e. The Hall–Kier alpha value is -2.17. The maximum Gasteiger partial charge on any atom is 0.337 e. The molecule has 16 heavy (non-hydrogen) atoms. The van der Waals surface area contributed by atoms with E-state index in [-0.39, 0.29) is 5.56 Å². The minimum absolute atomic E-state index is 0.208. The molecule has 0 unspecified atom stereocenters. The lowest BCUT2D eigenvalue weighted by Gasteiger charge is -2.10. The Morgan fingerprint density at radius 1 is 1.25 bits per heavy atom. The van der Waals surface area contributed by atoms with Crippen LogP contribution in [-0.2, 0) is 0 Å². The van der Waals surface area contributed by atoms with Crippen LogP contribution in [0.25, 0.3) is 5.69 Å². The molecule has 0 aliphatic heterocycles. The molecule has 0 fully saturated rings. The molecule has 2 aromatic rings. The summed E-state index contributed by atoms with van der Waals surface area (Å²) in [6.07, 6.45) is 3.04. The second kappa shape index (κ2) is 3.77. The normalized spacial score (nSPS) is 10.4. The van der Waals surface area contributed by atoms with Gasteiger partial charge in [0, 0.05) is 0 Å². The first-order valence-corrected chi connectivity index (χ1v) is 4.81. The second-order valence-corrected chi connectivity index (χ2v) is 3.53. The largest absolute Gasteiger partial charge is 0.478 e. The van der Waals surface area contributed by atoms with Crippen LogP contribution in [0, 0.1) is 13.8 Å². The summed E-state index contributed by atoms with van der Waals surface area (Å²) in [6, 6.07) is 3.36. The molecule has 0 bridgehead atoms. The Morgan fingerprint density at radius 3 is 2.44 bits per heavy atom. The molecule has 0 saturated heterocycles. The first-order valence-electron chi connectivity index (χ1n) is 4.81. The summed E-state index contributed by atoms with van der Waals surface area (Å²) in [5.41, 5.74) is 2.62. The maximum absolute atomic E-state index is 11.1. The molecule has 82 valence electrons. The number of carboxylic acid groups (broad SMARTS) is 1. The molecule has 0 aliphatic carbocycles. The molecule has 1 N–H and O–H groups in total. The number of aryl methyl sites for hydroxylation is 1. The van der Waals surface area contributed by atoms with E-state index >= 15 is 0 Å². The van der Waals surface area contributed by atoms with Crippen molar-refractivity contribution < 1.29 is 9.90 Å². The molecule has 2 rings (SSSR count). The van der Waals surface area contributed by atoms with Crippen LogP contribution in [-0.4, -0.2) is 26.1 Å². The molecule has 5 nitrogen and oxygen atoms in total. The number of aromatic nitrogens is 3. The van der Waals surface area contributed by atoms with Gasteiger partial charge in [0.05, 0.1) is 18.0 Å². The van der Waals surface area contributed by atoms with Crippen molar-refractivity contribution in [1.82, 2.24) is 15.0 Å². The van der Waals surface area contributed by atoms with Crippen molar-refractivity contribution >= 4 is 5.97 Å². The zero-order chi connectivity index (χ0) is 11.7. The Morgan fingerprint density at radius 2 is 1.88 bits per heavy atom. The summed E-state index contributed by atoms with van der Waals surface area (Å²) < 4.78 is 0. The lowest BCUT2D eigenvalue weighted by atomic mass is 10.0. The van der Waals surface area contributed by atoms with E-state index in [2.05, 4.69) is 10.2 Å². The molecule has 0 amide bonds. The van der Waals surface area contributed by atoms with Crippen LogP contribution >= 0.6 is 0 Å². The van der Waals surface area contributed by atoms with Gasteiger partial charge in [-0.1, -0.05) is 6.07 Å². The Labute approximate surface area is 92.3 Å². The summed E-state index contributed by atoms with van der Waals surface area (Å²) in [4.78, 5) is 12.5. The lowest BCUT2D eigenvalue weighted by Crippen LogP contribution is -2.10. The van der Waals surface area contributed by atoms with Gasteiger partial charge in [-0.3, -0.25) is 0 Å². The van der Waals surface area contributed by atoms with E-state index in [0.717, 1.165) is 11.1 Å². The van der Waals surface area contributed by atoms with E-state index in [1.807, 2.05) is 13.8 Å². The predicted molar refractivity (Wildman–Crippen MR) is 57.8 cm³/mol. The molecule has 1 aromatic heterocycles. The van der Waals surface area contributed by atoms with Crippen molar-refractivity contribution in [2.45, 2.75) is 13.8 Å². The molecule has 1 aromatic carbocycles. The van der Waals surface area contributed by atoms with Crippen molar-refractivity contribution in [2.75, 3.05) is 0 Å². The number of rotatable bonds is 2. The molecule has 0 atom stereocenters. The minimum atomic E-state index is -0.976. The molecule has 0 radical (unpaired) electrons. The zero-order valence-corrected chi connectivity index (χ0v) is 9.01. The van der Waals surface area contributed by atoms with Gasteiger partial charge in [-0.2, -0.15) is 15.0 Å². The van der Waals surface area contributed by atoms with Gasteiger partial charge < -0.3 is 5.11 Å². The van der Waals surface area contributed by atoms with Crippen LogP contribution in [0.4, 0.5) is 0 Å². The second-order valence-electron chi connectivity index (χ2n) is 3.53. The number of hydrogen-bond acceptors (Lipinski definition) is 3. The predicted octanol–water partition coefficient (Wildman–Crippen LogP) is 1.58. The standard InChI is InChI=1S/C11H11N3O2/c1-7-3-4-9(11(15)16)10(8(7)2)14-12-5-6-13-14/h3-6H,1-2H3,(H,15,16). The highest BCUT2D eigenvalue weighted by atomic mass is 16.4. The van der Waals surface area contributed by atoms with Crippen molar-refractivity contribution in [1.29, 1.82) is 0 Å². The topological polar surface area (TPSA) is 68.0 Å². The Bertz CT molecular complexity index is 532. The van der Waals surface area contributed by atoms with Gasteiger partial charge in [0.25, 0.3) is 0 Å². The first kappa shape index (κ1) is 10.4. The third kappa shape index (κ3) is 1.56. The Balaban J connectivity index is 2.74. The van der Waals surface area contributed by atoms with Crippen LogP contribution in [0.3, 0.4) is 0 Å². The summed E-state index contributed by atoms with van der Waals surface area (Å²) in [5.74, 6) is -0.976. The van der Waals surface area contributed by atoms with Crippen molar-refractivity contribution in [2.24, 2.45) is 0 Å². The molecule has 5 heteroatoms. The number of nitrogens with zero attached hydrogens (tertiary/aromatic N) is 3. The summed E-state index contributed by atoms with van der Waals surface area (Å²) in [7, 11) is 0. The number of carbonyl (C=O) groups is 1. The molecular weight excluding hydrogens is 206 g/mol. The van der Waals surface area contributed by atoms with Crippen LogP contribution in [0.1, 0.15) is 21.5 Å². The van der Waals surface area contributed by atoms with E-state index in [0.29, 0.717) is 5.69 Å². The fraction of sp³-hybridized carbons (Fsp3) is 0.182. The van der Waals surface area contributed by atoms with E-state index in [4.69, 9.17) is 5.11 Å². The van der Waals surface area contributed by atoms with Crippen molar-refractivity contribution in [3.8, 4) is 5.69 Å². The number of benzene rings is 1. The Kier molecular flexibility index (Phi) is 2.44. The SMILES string of the molecule is Cc1ccc(C(=O)O)c(-n2nccn2)c1C. The molecular formula is C11H11N3O2. The van der Waals surface area contributed by atoms with Gasteiger partial charge >= 0.3 is 5.97 Å². The van der Waals surface area contributed by atoms with E-state index in [1.54, 1.807) is 12.1 Å². The third-order valence-corrected chi connectivity index (χ3v) is 2.55. The number of hydrogen-bond donors (Lipinski definition) is 1. The van der Waals surface area contributed by atoms with Gasteiger partial charge in [0.2, 0.25) is 0 Å². The lowest BCUT2D eigenvalue weighted by molar-refractivity contribution is 0.0696. The molecule has 0 aliphatic rings. The quantitative estimate of drug-likeness (QED) is 0.829. The van der Waals surface area contributed by atoms with E-state index < -0.39 is 5.97 Å². The molecule has 0 saturated carbocycles. The number of carboxylic acids is 1. The minimum Gasteiger partial charge on any atom is -0.478 e. The van der Waals surface area contributed by atoms with Crippen molar-refractivity contribution in [3.63, 3.8) is 0 Å². The van der Waals surface area contributed by atoms with Crippen LogP contribution in [0.2, 0.25) is 0 Å². The summed E-state index contributed by atoms with van der Waals surface area (Å²) in [5, 5.41) is 17.1. The molecule has 0 spiro atoms. The van der Waals surface area contributed by atoms with E-state index in [1.165, 1.54) is 17.2 Å². The third-order valence-electron chi connectivity index (χ3n) is 2.55. The van der Waals surface area contributed by atoms with Crippen LogP contribution in [0.15, 0.2) is 24.5 Å². The molecule has 1 heterocycles. The van der Waals surface area contributed by atoms with E-state index in [9.17, 15) is 4.79 Å². The maximum atomic E-state index is 11.1. The summed E-state index contributed by atoms with van der Waals surface area (Å²) >= 11 is 0. The first-order chi connectivity index (χ1) is 7.61. The monoisotopic (exact) mass is 217 g/mol. The average Bonchev–Trinajstić information content (AvgIpc) is 2.74. The van der Waals surface area contributed by atoms with Gasteiger partial charge in [-0.25, -0.2) is 4.79 Å². The highest BCUT2D eigenvalue weighted by Crippen LogP contribution is 2.21. The van der Waals surface area contributed by atoms with Gasteiger partial charge in [-0.15, -0.1) is 0 Å². The fourth-order valence-corrected chi connectivity index (χ4v) is 1.56. The van der Waals surface area contributed by atoms with Gasteiger partial charge in [0.1, 0.15) is 5.69 Å². The van der Waals surface area contributed by atoms with Crippen LogP contribution < -0.4 is 0 Å². The highest BCUT2D eigenvalue weighted by Gasteiger charge is 2.16. The number of aromatic carboxylic acids is 1. The van der Waals surface area contributed by atoms with Gasteiger partial charge in [0.15, 0.2) is 0 Å².